The number of rotatable bonds is 3. The number of hydrogen-bond acceptors (Lipinski definition) is 2. The summed E-state index contributed by atoms with van der Waals surface area (Å²) >= 11 is 0. The van der Waals surface area contributed by atoms with Gasteiger partial charge in [-0.1, -0.05) is 42.5 Å². The molecule has 3 fully saturated rings. The maximum atomic E-state index is 13.1. The number of hydrogen-bond donors (Lipinski definition) is 0. The second-order valence-corrected chi connectivity index (χ2v) is 6.79. The molecule has 0 spiro atoms. The van der Waals surface area contributed by atoms with Crippen LogP contribution in [-0.4, -0.2) is 40.9 Å². The lowest BCUT2D eigenvalue weighted by atomic mass is 9.71. The smallest absolute Gasteiger partial charge is 0.219 e. The van der Waals surface area contributed by atoms with Gasteiger partial charge in [0.2, 0.25) is 5.91 Å². The summed E-state index contributed by atoms with van der Waals surface area (Å²) in [5.74, 6) is 0.424. The average Bonchev–Trinajstić information content (AvgIpc) is 2.61. The second kappa shape index (κ2) is 6.02. The monoisotopic (exact) mass is 324 g/mol. The topological polar surface area (TPSA) is 23.6 Å². The van der Waals surface area contributed by atoms with Crippen molar-refractivity contribution in [2.75, 3.05) is 13.1 Å². The summed E-state index contributed by atoms with van der Waals surface area (Å²) in [5.41, 5.74) is 2.47. The number of carbonyl (C=O) groups excluding carboxylic acids is 1. The van der Waals surface area contributed by atoms with E-state index in [1.165, 1.54) is 17.7 Å². The fraction of sp³-hybridized carbons (Fsp3) is 0.350. The molecule has 0 radical (unpaired) electrons. The van der Waals surface area contributed by atoms with Crippen molar-refractivity contribution in [3.8, 4) is 0 Å². The molecule has 24 heavy (non-hydrogen) atoms. The molecule has 2 aromatic rings. The van der Waals surface area contributed by atoms with Crippen LogP contribution in [0.5, 0.6) is 0 Å². The number of benzene rings is 2. The van der Waals surface area contributed by atoms with Crippen molar-refractivity contribution in [3.05, 3.63) is 71.5 Å². The van der Waals surface area contributed by atoms with E-state index in [9.17, 15) is 9.18 Å². The summed E-state index contributed by atoms with van der Waals surface area (Å²) in [7, 11) is 0. The quantitative estimate of drug-likeness (QED) is 0.866. The molecule has 2 bridgehead atoms. The van der Waals surface area contributed by atoms with Crippen LogP contribution in [0.3, 0.4) is 0 Å². The van der Waals surface area contributed by atoms with Crippen molar-refractivity contribution in [2.24, 2.45) is 0 Å². The Labute approximate surface area is 141 Å². The Balaban J connectivity index is 1.56. The maximum Gasteiger partial charge on any atom is 0.219 e. The molecule has 0 saturated carbocycles. The van der Waals surface area contributed by atoms with Crippen LogP contribution in [-0.2, 0) is 11.3 Å². The molecule has 1 amide bonds. The summed E-state index contributed by atoms with van der Waals surface area (Å²) in [6.07, 6.45) is 0. The fourth-order valence-corrected chi connectivity index (χ4v) is 4.19. The van der Waals surface area contributed by atoms with E-state index in [4.69, 9.17) is 0 Å². The summed E-state index contributed by atoms with van der Waals surface area (Å²) in [6, 6.07) is 18.0. The van der Waals surface area contributed by atoms with Crippen molar-refractivity contribution in [1.82, 2.24) is 9.80 Å². The van der Waals surface area contributed by atoms with Gasteiger partial charge in [-0.2, -0.15) is 0 Å². The first-order chi connectivity index (χ1) is 11.6. The van der Waals surface area contributed by atoms with Crippen LogP contribution in [0, 0.1) is 5.82 Å². The van der Waals surface area contributed by atoms with Gasteiger partial charge in [-0.3, -0.25) is 9.69 Å². The van der Waals surface area contributed by atoms with Crippen molar-refractivity contribution >= 4 is 5.91 Å². The number of piperidine rings is 1. The SMILES string of the molecule is CC(=O)N1C[C@@H]2C(c3ccccc3)[C@H](C1)N2Cc1ccc(F)cc1. The Bertz CT molecular complexity index is 717. The Morgan fingerprint density at radius 1 is 1.04 bits per heavy atom. The third-order valence-electron chi connectivity index (χ3n) is 5.40. The van der Waals surface area contributed by atoms with Crippen LogP contribution in [0.2, 0.25) is 0 Å². The zero-order chi connectivity index (χ0) is 16.7. The third kappa shape index (κ3) is 2.61. The van der Waals surface area contributed by atoms with Crippen LogP contribution >= 0.6 is 0 Å². The number of carbonyl (C=O) groups is 1. The summed E-state index contributed by atoms with van der Waals surface area (Å²) in [5, 5.41) is 0. The second-order valence-electron chi connectivity index (χ2n) is 6.79. The molecule has 5 rings (SSSR count). The first kappa shape index (κ1) is 15.3. The number of halogens is 1. The van der Waals surface area contributed by atoms with Gasteiger partial charge in [-0.05, 0) is 23.3 Å². The van der Waals surface area contributed by atoms with Gasteiger partial charge in [0, 0.05) is 44.6 Å². The third-order valence-corrected chi connectivity index (χ3v) is 5.40. The molecule has 124 valence electrons. The summed E-state index contributed by atoms with van der Waals surface area (Å²) < 4.78 is 13.1. The van der Waals surface area contributed by atoms with Crippen molar-refractivity contribution < 1.29 is 9.18 Å². The zero-order valence-electron chi connectivity index (χ0n) is 13.7. The molecule has 3 aliphatic heterocycles. The first-order valence-corrected chi connectivity index (χ1v) is 8.44. The molecule has 3 aliphatic rings. The highest BCUT2D eigenvalue weighted by molar-refractivity contribution is 5.73. The lowest BCUT2D eigenvalue weighted by Gasteiger charge is -2.62. The van der Waals surface area contributed by atoms with Gasteiger partial charge in [0.25, 0.3) is 0 Å². The van der Waals surface area contributed by atoms with E-state index < -0.39 is 0 Å². The van der Waals surface area contributed by atoms with E-state index in [0.717, 1.165) is 25.2 Å². The Morgan fingerprint density at radius 2 is 1.67 bits per heavy atom. The highest BCUT2D eigenvalue weighted by Gasteiger charge is 2.53. The standard InChI is InChI=1S/C20H21FN2O/c1-14(24)22-12-18-20(16-5-3-2-4-6-16)19(13-22)23(18)11-15-7-9-17(21)10-8-15/h2-10,18-20H,11-13H2,1H3/t18-,19+,20?. The van der Waals surface area contributed by atoms with Gasteiger partial charge >= 0.3 is 0 Å². The lowest BCUT2D eigenvalue weighted by molar-refractivity contribution is -0.146. The van der Waals surface area contributed by atoms with Gasteiger partial charge in [0.15, 0.2) is 0 Å². The first-order valence-electron chi connectivity index (χ1n) is 8.44. The number of piperazine rings is 1. The lowest BCUT2D eigenvalue weighted by Crippen LogP contribution is -2.73. The van der Waals surface area contributed by atoms with Crippen LogP contribution in [0.25, 0.3) is 0 Å². The van der Waals surface area contributed by atoms with E-state index >= 15 is 0 Å². The van der Waals surface area contributed by atoms with E-state index in [2.05, 4.69) is 29.2 Å². The zero-order valence-corrected chi connectivity index (χ0v) is 13.7. The Hall–Kier alpha value is -2.20. The van der Waals surface area contributed by atoms with E-state index in [0.29, 0.717) is 18.0 Å². The van der Waals surface area contributed by atoms with Crippen LogP contribution < -0.4 is 0 Å². The van der Waals surface area contributed by atoms with Gasteiger partial charge < -0.3 is 4.90 Å². The number of fused-ring (bicyclic) bond motifs is 2. The summed E-state index contributed by atoms with van der Waals surface area (Å²) in [6.45, 7) is 4.00. The molecule has 0 aliphatic carbocycles. The highest BCUT2D eigenvalue weighted by Crippen LogP contribution is 2.45. The number of amides is 1. The highest BCUT2D eigenvalue weighted by atomic mass is 19.1. The molecule has 3 atom stereocenters. The van der Waals surface area contributed by atoms with Crippen molar-refractivity contribution in [2.45, 2.75) is 31.5 Å². The van der Waals surface area contributed by atoms with Crippen molar-refractivity contribution in [3.63, 3.8) is 0 Å². The minimum absolute atomic E-state index is 0.151. The summed E-state index contributed by atoms with van der Waals surface area (Å²) in [4.78, 5) is 16.2. The molecule has 0 N–H and O–H groups in total. The predicted molar refractivity (Wildman–Crippen MR) is 91.0 cm³/mol. The number of nitrogens with zero attached hydrogens (tertiary/aromatic N) is 2. The van der Waals surface area contributed by atoms with Crippen LogP contribution in [0.1, 0.15) is 24.0 Å². The van der Waals surface area contributed by atoms with Gasteiger partial charge in [-0.15, -0.1) is 0 Å². The Kier molecular flexibility index (Phi) is 3.85. The molecule has 4 heteroatoms. The molecule has 3 nitrogen and oxygen atoms in total. The van der Waals surface area contributed by atoms with E-state index in [1.54, 1.807) is 6.92 Å². The molecule has 2 aromatic carbocycles. The molecule has 0 aromatic heterocycles. The van der Waals surface area contributed by atoms with Crippen molar-refractivity contribution in [1.29, 1.82) is 0 Å². The van der Waals surface area contributed by atoms with Crippen LogP contribution in [0.4, 0.5) is 4.39 Å². The largest absolute Gasteiger partial charge is 0.340 e. The fourth-order valence-electron chi connectivity index (χ4n) is 4.19. The van der Waals surface area contributed by atoms with E-state index in [-0.39, 0.29) is 11.7 Å². The minimum Gasteiger partial charge on any atom is -0.340 e. The minimum atomic E-state index is -0.201. The van der Waals surface area contributed by atoms with Gasteiger partial charge in [0.05, 0.1) is 0 Å². The molecule has 1 unspecified atom stereocenters. The molecule has 3 heterocycles. The predicted octanol–water partition coefficient (Wildman–Crippen LogP) is 3.02. The molecular weight excluding hydrogens is 303 g/mol. The molecule has 3 saturated heterocycles. The average molecular weight is 324 g/mol. The normalized spacial score (nSPS) is 26.1. The Morgan fingerprint density at radius 3 is 2.25 bits per heavy atom. The van der Waals surface area contributed by atoms with Crippen LogP contribution in [0.15, 0.2) is 54.6 Å². The van der Waals surface area contributed by atoms with E-state index in [1.807, 2.05) is 23.1 Å². The molecular formula is C20H21FN2O. The van der Waals surface area contributed by atoms with Gasteiger partial charge in [0.1, 0.15) is 5.82 Å². The van der Waals surface area contributed by atoms with Gasteiger partial charge in [-0.25, -0.2) is 4.39 Å². The maximum absolute atomic E-state index is 13.1.